The molecule has 0 radical (unpaired) electrons. The minimum absolute atomic E-state index is 0.00803. The maximum Gasteiger partial charge on any atom is 0.326 e. The quantitative estimate of drug-likeness (QED) is 0.0403. The van der Waals surface area contributed by atoms with Gasteiger partial charge in [-0.1, -0.05) is 71.3 Å². The predicted octanol–water partition coefficient (Wildman–Crippen LogP) is 3.30. The van der Waals surface area contributed by atoms with Crippen molar-refractivity contribution < 1.29 is 53.1 Å². The molecule has 0 rings (SSSR count). The molecule has 0 aliphatic carbocycles. The molecule has 0 aromatic rings. The van der Waals surface area contributed by atoms with Crippen LogP contribution in [0.1, 0.15) is 110 Å². The summed E-state index contributed by atoms with van der Waals surface area (Å²) in [4.78, 5) is 59.3. The van der Waals surface area contributed by atoms with E-state index in [1.54, 1.807) is 0 Å². The van der Waals surface area contributed by atoms with Gasteiger partial charge >= 0.3 is 5.97 Å². The van der Waals surface area contributed by atoms with Gasteiger partial charge in [-0.3, -0.25) is 19.2 Å². The van der Waals surface area contributed by atoms with Crippen molar-refractivity contribution >= 4 is 29.6 Å². The molecule has 0 heterocycles. The highest BCUT2D eigenvalue weighted by Gasteiger charge is 2.20. The second kappa shape index (κ2) is 35.1. The average molecular weight is 731 g/mol. The fourth-order valence-corrected chi connectivity index (χ4v) is 4.72. The number of carbonyl (C=O) groups excluding carboxylic acids is 4. The van der Waals surface area contributed by atoms with E-state index in [1.165, 1.54) is 12.8 Å². The van der Waals surface area contributed by atoms with Crippen molar-refractivity contribution in [2.45, 2.75) is 116 Å². The van der Waals surface area contributed by atoms with Crippen molar-refractivity contribution in [3.05, 3.63) is 12.3 Å². The van der Waals surface area contributed by atoms with Gasteiger partial charge in [-0.05, 0) is 25.7 Å². The minimum atomic E-state index is -1.18. The van der Waals surface area contributed by atoms with Crippen LogP contribution in [0.5, 0.6) is 0 Å². The third-order valence-electron chi connectivity index (χ3n) is 7.61. The van der Waals surface area contributed by atoms with Crippen molar-refractivity contribution in [3.8, 4) is 0 Å². The maximum atomic E-state index is 12.2. The zero-order valence-corrected chi connectivity index (χ0v) is 30.9. The number of hydrogen-bond donors (Lipinski definition) is 6. The monoisotopic (exact) mass is 730 g/mol. The Balaban J connectivity index is 3.68. The molecule has 0 saturated heterocycles. The normalized spacial score (nSPS) is 11.5. The van der Waals surface area contributed by atoms with E-state index in [2.05, 4.69) is 27.8 Å². The SMILES string of the molecule is C=C(O)CCCCCCCCCCCCC(=O)N[C@@H](CCC(=O)NCCOCCOCC(=O)NCCOCCOCC(=O)NCCCC)C(=O)O. The fraction of sp³-hybridized carbons (Fsp3) is 0.806. The lowest BCUT2D eigenvalue weighted by Gasteiger charge is -2.14. The van der Waals surface area contributed by atoms with Crippen LogP contribution in [0.4, 0.5) is 0 Å². The summed E-state index contributed by atoms with van der Waals surface area (Å²) in [6.45, 7) is 8.08. The molecule has 0 unspecified atom stereocenters. The number of hydrogen-bond acceptors (Lipinski definition) is 10. The summed E-state index contributed by atoms with van der Waals surface area (Å²) in [5.74, 6) is -2.04. The van der Waals surface area contributed by atoms with Crippen LogP contribution in [-0.2, 0) is 42.9 Å². The van der Waals surface area contributed by atoms with E-state index in [-0.39, 0.29) is 94.8 Å². The number of nitrogens with one attached hydrogen (secondary N) is 4. The van der Waals surface area contributed by atoms with Gasteiger partial charge in [0, 0.05) is 38.9 Å². The first-order valence-electron chi connectivity index (χ1n) is 18.7. The van der Waals surface area contributed by atoms with Crippen molar-refractivity contribution in [3.63, 3.8) is 0 Å². The summed E-state index contributed by atoms with van der Waals surface area (Å²) in [7, 11) is 0. The van der Waals surface area contributed by atoms with Gasteiger partial charge in [0.15, 0.2) is 0 Å². The van der Waals surface area contributed by atoms with Crippen molar-refractivity contribution in [2.75, 3.05) is 72.5 Å². The molecule has 6 N–H and O–H groups in total. The Morgan fingerprint density at radius 2 is 0.980 bits per heavy atom. The number of carboxylic acid groups (broad SMARTS) is 1. The first kappa shape index (κ1) is 47.7. The lowest BCUT2D eigenvalue weighted by atomic mass is 10.0. The lowest BCUT2D eigenvalue weighted by molar-refractivity contribution is -0.142. The van der Waals surface area contributed by atoms with E-state index in [9.17, 15) is 29.1 Å². The van der Waals surface area contributed by atoms with Crippen LogP contribution in [0.3, 0.4) is 0 Å². The summed E-state index contributed by atoms with van der Waals surface area (Å²) in [6, 6.07) is -1.13. The van der Waals surface area contributed by atoms with E-state index in [1.807, 2.05) is 6.92 Å². The standard InChI is InChI=1S/C36H66N4O11/c1-3-4-19-37-34(44)28-50-26-25-49-23-21-39-35(45)29-51-27-24-48-22-20-38-32(42)18-17-31(36(46)47)40-33(43)16-14-12-10-8-6-5-7-9-11-13-15-30(2)41/h31,41H,2-29H2,1H3,(H,37,44)(H,38,42)(H,39,45)(H,40,43)(H,46,47)/t31-/m0/s1. The van der Waals surface area contributed by atoms with Crippen LogP contribution in [0.2, 0.25) is 0 Å². The highest BCUT2D eigenvalue weighted by atomic mass is 16.5. The third-order valence-corrected chi connectivity index (χ3v) is 7.61. The van der Waals surface area contributed by atoms with E-state index in [0.29, 0.717) is 39.1 Å². The molecule has 15 nitrogen and oxygen atoms in total. The minimum Gasteiger partial charge on any atom is -0.513 e. The van der Waals surface area contributed by atoms with Gasteiger partial charge in [0.05, 0.1) is 45.4 Å². The first-order valence-corrected chi connectivity index (χ1v) is 18.7. The second-order valence-electron chi connectivity index (χ2n) is 12.3. The van der Waals surface area contributed by atoms with Crippen LogP contribution in [0.15, 0.2) is 12.3 Å². The lowest BCUT2D eigenvalue weighted by Crippen LogP contribution is -2.41. The number of carboxylic acids is 1. The number of unbranched alkanes of at least 4 members (excludes halogenated alkanes) is 10. The predicted molar refractivity (Wildman–Crippen MR) is 193 cm³/mol. The molecular formula is C36H66N4O11. The molecule has 0 aliphatic heterocycles. The molecule has 0 aromatic carbocycles. The van der Waals surface area contributed by atoms with E-state index in [0.717, 1.165) is 57.8 Å². The summed E-state index contributed by atoms with van der Waals surface area (Å²) < 4.78 is 21.2. The van der Waals surface area contributed by atoms with Crippen LogP contribution in [0, 0.1) is 0 Å². The maximum absolute atomic E-state index is 12.2. The smallest absolute Gasteiger partial charge is 0.326 e. The first-order chi connectivity index (χ1) is 24.6. The van der Waals surface area contributed by atoms with Crippen LogP contribution in [0.25, 0.3) is 0 Å². The Hall–Kier alpha value is -3.27. The largest absolute Gasteiger partial charge is 0.513 e. The van der Waals surface area contributed by atoms with Gasteiger partial charge in [-0.25, -0.2) is 4.79 Å². The summed E-state index contributed by atoms with van der Waals surface area (Å²) in [6.07, 6.45) is 13.3. The molecule has 1 atom stereocenters. The zero-order chi connectivity index (χ0) is 37.8. The number of ether oxygens (including phenoxy) is 4. The molecule has 296 valence electrons. The number of aliphatic hydroxyl groups is 1. The number of aliphatic carboxylic acids is 1. The number of aliphatic hydroxyl groups excluding tert-OH is 1. The molecule has 51 heavy (non-hydrogen) atoms. The average Bonchev–Trinajstić information content (AvgIpc) is 3.09. The summed E-state index contributed by atoms with van der Waals surface area (Å²) in [5.41, 5.74) is 0. The Bertz CT molecular complexity index is 952. The van der Waals surface area contributed by atoms with Crippen LogP contribution in [-0.4, -0.2) is 118 Å². The summed E-state index contributed by atoms with van der Waals surface area (Å²) in [5, 5.41) is 29.1. The van der Waals surface area contributed by atoms with E-state index in [4.69, 9.17) is 24.1 Å². The number of rotatable bonds is 37. The van der Waals surface area contributed by atoms with Gasteiger partial charge < -0.3 is 50.4 Å². The van der Waals surface area contributed by atoms with Gasteiger partial charge in [-0.15, -0.1) is 0 Å². The molecule has 15 heteroatoms. The number of amides is 4. The Labute approximate surface area is 304 Å². The summed E-state index contributed by atoms with van der Waals surface area (Å²) >= 11 is 0. The van der Waals surface area contributed by atoms with Gasteiger partial charge in [0.2, 0.25) is 23.6 Å². The van der Waals surface area contributed by atoms with Gasteiger partial charge in [-0.2, -0.15) is 0 Å². The third kappa shape index (κ3) is 34.9. The van der Waals surface area contributed by atoms with Crippen molar-refractivity contribution in [1.82, 2.24) is 21.3 Å². The topological polar surface area (TPSA) is 211 Å². The fourth-order valence-electron chi connectivity index (χ4n) is 4.72. The van der Waals surface area contributed by atoms with Gasteiger partial charge in [0.1, 0.15) is 19.3 Å². The highest BCUT2D eigenvalue weighted by molar-refractivity contribution is 5.84. The number of carbonyl (C=O) groups is 5. The second-order valence-corrected chi connectivity index (χ2v) is 12.3. The molecule has 0 bridgehead atoms. The molecule has 0 aliphatic rings. The highest BCUT2D eigenvalue weighted by Crippen LogP contribution is 2.13. The Kier molecular flexibility index (Phi) is 32.9. The molecular weight excluding hydrogens is 664 g/mol. The van der Waals surface area contributed by atoms with E-state index < -0.39 is 12.0 Å². The van der Waals surface area contributed by atoms with Crippen molar-refractivity contribution in [1.29, 1.82) is 0 Å². The molecule has 0 saturated carbocycles. The van der Waals surface area contributed by atoms with Crippen molar-refractivity contribution in [2.24, 2.45) is 0 Å². The Morgan fingerprint density at radius 3 is 1.47 bits per heavy atom. The molecule has 0 spiro atoms. The number of allylic oxidation sites excluding steroid dienone is 1. The zero-order valence-electron chi connectivity index (χ0n) is 30.9. The van der Waals surface area contributed by atoms with Gasteiger partial charge in [0.25, 0.3) is 0 Å². The van der Waals surface area contributed by atoms with Crippen LogP contribution < -0.4 is 21.3 Å². The Morgan fingerprint density at radius 1 is 0.529 bits per heavy atom. The van der Waals surface area contributed by atoms with E-state index >= 15 is 0 Å². The molecule has 0 fully saturated rings. The molecule has 0 aromatic heterocycles. The molecule has 4 amide bonds. The van der Waals surface area contributed by atoms with Crippen LogP contribution >= 0.6 is 0 Å².